The van der Waals surface area contributed by atoms with Gasteiger partial charge in [-0.05, 0) is 61.0 Å². The van der Waals surface area contributed by atoms with Crippen LogP contribution in [-0.4, -0.2) is 16.8 Å². The normalized spacial score (nSPS) is 10.2. The fourth-order valence-corrected chi connectivity index (χ4v) is 2.86. The summed E-state index contributed by atoms with van der Waals surface area (Å²) in [6.07, 6.45) is 1.57. The average molecular weight is 395 g/mol. The van der Waals surface area contributed by atoms with E-state index in [2.05, 4.69) is 20.9 Å². The van der Waals surface area contributed by atoms with E-state index in [9.17, 15) is 9.59 Å². The first-order chi connectivity index (χ1) is 13.4. The van der Waals surface area contributed by atoms with Crippen LogP contribution in [-0.2, 0) is 4.79 Å². The number of rotatable bonds is 5. The summed E-state index contributed by atoms with van der Waals surface area (Å²) in [6, 6.07) is 15.9. The molecule has 0 aliphatic rings. The summed E-state index contributed by atoms with van der Waals surface area (Å²) in [5.74, 6) is -0.530. The van der Waals surface area contributed by atoms with Crippen LogP contribution in [0.2, 0.25) is 5.02 Å². The Hall–Kier alpha value is -3.38. The van der Waals surface area contributed by atoms with Crippen molar-refractivity contribution in [2.75, 3.05) is 16.0 Å². The van der Waals surface area contributed by atoms with E-state index >= 15 is 0 Å². The fourth-order valence-electron chi connectivity index (χ4n) is 2.63. The van der Waals surface area contributed by atoms with Crippen LogP contribution in [0.15, 0.2) is 60.8 Å². The minimum absolute atomic E-state index is 0.179. The van der Waals surface area contributed by atoms with Crippen LogP contribution in [0.4, 0.5) is 22.7 Å². The molecule has 1 aromatic heterocycles. The molecule has 3 aromatic rings. The highest BCUT2D eigenvalue weighted by Gasteiger charge is 2.10. The first kappa shape index (κ1) is 19.4. The molecule has 2 aromatic carbocycles. The first-order valence-electron chi connectivity index (χ1n) is 8.59. The summed E-state index contributed by atoms with van der Waals surface area (Å²) < 4.78 is 0. The molecule has 142 valence electrons. The van der Waals surface area contributed by atoms with Crippen LogP contribution in [0, 0.1) is 6.92 Å². The number of pyridine rings is 1. The number of benzene rings is 2. The summed E-state index contributed by atoms with van der Waals surface area (Å²) in [7, 11) is 0. The molecule has 7 heteroatoms. The van der Waals surface area contributed by atoms with Crippen molar-refractivity contribution in [3.05, 3.63) is 77.1 Å². The molecule has 28 heavy (non-hydrogen) atoms. The molecular formula is C21H19ClN4O2. The Morgan fingerprint density at radius 2 is 1.68 bits per heavy atom. The van der Waals surface area contributed by atoms with Gasteiger partial charge in [0.15, 0.2) is 0 Å². The second-order valence-corrected chi connectivity index (χ2v) is 6.67. The van der Waals surface area contributed by atoms with Crippen LogP contribution in [0.25, 0.3) is 0 Å². The Bertz CT molecular complexity index is 1040. The maximum absolute atomic E-state index is 12.6. The van der Waals surface area contributed by atoms with Gasteiger partial charge in [-0.2, -0.15) is 0 Å². The molecule has 1 heterocycles. The van der Waals surface area contributed by atoms with Gasteiger partial charge in [-0.25, -0.2) is 0 Å². The first-order valence-corrected chi connectivity index (χ1v) is 8.97. The monoisotopic (exact) mass is 394 g/mol. The predicted octanol–water partition coefficient (Wildman–Crippen LogP) is 5.00. The second-order valence-electron chi connectivity index (χ2n) is 6.23. The van der Waals surface area contributed by atoms with Crippen LogP contribution < -0.4 is 16.0 Å². The fraction of sp³-hybridized carbons (Fsp3) is 0.0952. The Labute approximate surface area is 168 Å². The van der Waals surface area contributed by atoms with Crippen molar-refractivity contribution < 1.29 is 9.59 Å². The van der Waals surface area contributed by atoms with E-state index in [-0.39, 0.29) is 17.5 Å². The van der Waals surface area contributed by atoms with E-state index in [1.54, 1.807) is 48.7 Å². The third-order valence-corrected chi connectivity index (χ3v) is 4.14. The number of aromatic nitrogens is 1. The van der Waals surface area contributed by atoms with Crippen LogP contribution in [0.1, 0.15) is 23.0 Å². The summed E-state index contributed by atoms with van der Waals surface area (Å²) in [6.45, 7) is 3.38. The molecule has 0 aliphatic carbocycles. The number of carbonyl (C=O) groups is 2. The maximum atomic E-state index is 12.6. The van der Waals surface area contributed by atoms with Gasteiger partial charge in [-0.1, -0.05) is 17.7 Å². The molecule has 0 saturated heterocycles. The molecule has 0 unspecified atom stereocenters. The number of hydrogen-bond acceptors (Lipinski definition) is 4. The number of anilines is 4. The summed E-state index contributed by atoms with van der Waals surface area (Å²) in [4.78, 5) is 27.9. The molecule has 0 aliphatic heterocycles. The van der Waals surface area contributed by atoms with Crippen molar-refractivity contribution in [1.82, 2.24) is 4.98 Å². The molecule has 0 saturated carbocycles. The van der Waals surface area contributed by atoms with Gasteiger partial charge < -0.3 is 16.0 Å². The summed E-state index contributed by atoms with van der Waals surface area (Å²) >= 11 is 5.99. The molecule has 2 amide bonds. The van der Waals surface area contributed by atoms with Gasteiger partial charge in [0.2, 0.25) is 5.91 Å². The van der Waals surface area contributed by atoms with Gasteiger partial charge in [0, 0.05) is 40.9 Å². The van der Waals surface area contributed by atoms with Gasteiger partial charge in [-0.15, -0.1) is 0 Å². The lowest BCUT2D eigenvalue weighted by atomic mass is 10.2. The zero-order valence-corrected chi connectivity index (χ0v) is 16.2. The smallest absolute Gasteiger partial charge is 0.274 e. The number of amides is 2. The summed E-state index contributed by atoms with van der Waals surface area (Å²) in [5.41, 5.74) is 4.05. The van der Waals surface area contributed by atoms with Crippen molar-refractivity contribution in [2.24, 2.45) is 0 Å². The molecule has 3 rings (SSSR count). The number of halogens is 1. The number of aryl methyl sites for hydroxylation is 1. The molecule has 0 fully saturated rings. The van der Waals surface area contributed by atoms with Crippen molar-refractivity contribution in [3.8, 4) is 0 Å². The number of nitrogens with zero attached hydrogens (tertiary/aromatic N) is 1. The number of nitrogens with one attached hydrogen (secondary N) is 3. The minimum atomic E-state index is -0.351. The Balaban J connectivity index is 1.74. The molecular weight excluding hydrogens is 376 g/mol. The lowest BCUT2D eigenvalue weighted by Gasteiger charge is -2.11. The van der Waals surface area contributed by atoms with Crippen molar-refractivity contribution in [2.45, 2.75) is 13.8 Å². The van der Waals surface area contributed by atoms with Crippen molar-refractivity contribution in [1.29, 1.82) is 0 Å². The highest BCUT2D eigenvalue weighted by Crippen LogP contribution is 2.24. The Morgan fingerprint density at radius 1 is 0.929 bits per heavy atom. The number of hydrogen-bond donors (Lipinski definition) is 3. The topological polar surface area (TPSA) is 83.1 Å². The Kier molecular flexibility index (Phi) is 5.91. The SMILES string of the molecule is CC(=O)Nc1cccc(NC(=O)c2cc(Nc3ccc(Cl)cc3C)ccn2)c1. The van der Waals surface area contributed by atoms with Crippen molar-refractivity contribution in [3.63, 3.8) is 0 Å². The molecule has 0 atom stereocenters. The van der Waals surface area contributed by atoms with Gasteiger partial charge in [0.1, 0.15) is 5.69 Å². The highest BCUT2D eigenvalue weighted by atomic mass is 35.5. The van der Waals surface area contributed by atoms with E-state index in [0.717, 1.165) is 16.9 Å². The second kappa shape index (κ2) is 8.54. The van der Waals surface area contributed by atoms with Crippen LogP contribution in [0.5, 0.6) is 0 Å². The molecule has 3 N–H and O–H groups in total. The predicted molar refractivity (Wildman–Crippen MR) is 112 cm³/mol. The van der Waals surface area contributed by atoms with E-state index < -0.39 is 0 Å². The third-order valence-electron chi connectivity index (χ3n) is 3.90. The molecule has 0 spiro atoms. The van der Waals surface area contributed by atoms with E-state index in [1.165, 1.54) is 6.92 Å². The number of carbonyl (C=O) groups excluding carboxylic acids is 2. The average Bonchev–Trinajstić information content (AvgIpc) is 2.64. The molecule has 0 bridgehead atoms. The molecule has 6 nitrogen and oxygen atoms in total. The minimum Gasteiger partial charge on any atom is -0.355 e. The van der Waals surface area contributed by atoms with Gasteiger partial charge in [-0.3, -0.25) is 14.6 Å². The largest absolute Gasteiger partial charge is 0.355 e. The van der Waals surface area contributed by atoms with Crippen LogP contribution in [0.3, 0.4) is 0 Å². The standard InChI is InChI=1S/C21H19ClN4O2/c1-13-10-15(22)6-7-19(13)25-18-8-9-23-20(12-18)21(28)26-17-5-3-4-16(11-17)24-14(2)27/h3-12H,1-2H3,(H,23,25)(H,24,27)(H,26,28). The summed E-state index contributed by atoms with van der Waals surface area (Å²) in [5, 5.41) is 9.39. The van der Waals surface area contributed by atoms with Gasteiger partial charge in [0.05, 0.1) is 0 Å². The van der Waals surface area contributed by atoms with Gasteiger partial charge >= 0.3 is 0 Å². The van der Waals surface area contributed by atoms with E-state index in [1.807, 2.05) is 19.1 Å². The zero-order chi connectivity index (χ0) is 20.1. The van der Waals surface area contributed by atoms with E-state index in [0.29, 0.717) is 16.4 Å². The van der Waals surface area contributed by atoms with Crippen molar-refractivity contribution >= 4 is 46.2 Å². The van der Waals surface area contributed by atoms with Crippen LogP contribution >= 0.6 is 11.6 Å². The molecule has 0 radical (unpaired) electrons. The maximum Gasteiger partial charge on any atom is 0.274 e. The van der Waals surface area contributed by atoms with Gasteiger partial charge in [0.25, 0.3) is 5.91 Å². The quantitative estimate of drug-likeness (QED) is 0.568. The lowest BCUT2D eigenvalue weighted by molar-refractivity contribution is -0.114. The zero-order valence-electron chi connectivity index (χ0n) is 15.4. The Morgan fingerprint density at radius 3 is 2.39 bits per heavy atom. The van der Waals surface area contributed by atoms with E-state index in [4.69, 9.17) is 11.6 Å². The third kappa shape index (κ3) is 5.08. The lowest BCUT2D eigenvalue weighted by Crippen LogP contribution is -2.14. The highest BCUT2D eigenvalue weighted by molar-refractivity contribution is 6.30.